The first-order chi connectivity index (χ1) is 14.0. The number of carbonyl (C=O) groups is 1. The van der Waals surface area contributed by atoms with Crippen molar-refractivity contribution in [2.45, 2.75) is 6.92 Å². The summed E-state index contributed by atoms with van der Waals surface area (Å²) in [5.41, 5.74) is 0.427. The molecule has 3 aromatic rings. The summed E-state index contributed by atoms with van der Waals surface area (Å²) in [4.78, 5) is 41.1. The van der Waals surface area contributed by atoms with Crippen molar-refractivity contribution in [3.8, 4) is 0 Å². The van der Waals surface area contributed by atoms with Gasteiger partial charge in [0.1, 0.15) is 12.2 Å². The number of pyridine rings is 1. The highest BCUT2D eigenvalue weighted by atomic mass is 32.2. The molecule has 0 atom stereocenters. The maximum Gasteiger partial charge on any atom is 0.332 e. The molecule has 0 fully saturated rings. The van der Waals surface area contributed by atoms with Crippen LogP contribution in [0.1, 0.15) is 5.56 Å². The average Bonchev–Trinajstić information content (AvgIpc) is 2.68. The van der Waals surface area contributed by atoms with Crippen LogP contribution in [0.4, 0.5) is 11.4 Å². The molecule has 158 valence electrons. The molecule has 1 N–H and O–H groups in total. The number of para-hydroxylation sites is 1. The van der Waals surface area contributed by atoms with Crippen molar-refractivity contribution >= 4 is 38.3 Å². The summed E-state index contributed by atoms with van der Waals surface area (Å²) in [5.74, 6) is -0.605. The number of sulfonamides is 1. The molecular formula is C19H21N5O5S. The summed E-state index contributed by atoms with van der Waals surface area (Å²) < 4.78 is 27.7. The van der Waals surface area contributed by atoms with Gasteiger partial charge >= 0.3 is 5.69 Å². The molecule has 0 bridgehead atoms. The van der Waals surface area contributed by atoms with Crippen molar-refractivity contribution in [2.24, 2.45) is 14.1 Å². The van der Waals surface area contributed by atoms with Crippen LogP contribution in [0, 0.1) is 6.92 Å². The summed E-state index contributed by atoms with van der Waals surface area (Å²) in [6.07, 6.45) is 2.33. The largest absolute Gasteiger partial charge is 0.332 e. The molecule has 10 nitrogen and oxygen atoms in total. The third kappa shape index (κ3) is 3.96. The van der Waals surface area contributed by atoms with E-state index in [1.807, 2.05) is 0 Å². The van der Waals surface area contributed by atoms with Crippen molar-refractivity contribution in [2.75, 3.05) is 22.4 Å². The zero-order valence-electron chi connectivity index (χ0n) is 16.9. The molecule has 0 radical (unpaired) electrons. The monoisotopic (exact) mass is 431 g/mol. The minimum absolute atomic E-state index is 0.149. The van der Waals surface area contributed by atoms with Gasteiger partial charge < -0.3 is 5.32 Å². The van der Waals surface area contributed by atoms with Crippen molar-refractivity contribution in [3.63, 3.8) is 0 Å². The SMILES string of the molecule is Cc1ccccc1N(CC(=O)Nc1cnc2c(c1)c(=O)n(C)c(=O)n2C)S(C)(=O)=O. The second-order valence-corrected chi connectivity index (χ2v) is 8.81. The third-order valence-electron chi connectivity index (χ3n) is 4.65. The molecule has 0 spiro atoms. The lowest BCUT2D eigenvalue weighted by atomic mass is 10.2. The van der Waals surface area contributed by atoms with E-state index < -0.39 is 33.7 Å². The Kier molecular flexibility index (Phi) is 5.49. The van der Waals surface area contributed by atoms with Crippen molar-refractivity contribution in [3.05, 3.63) is 62.9 Å². The number of anilines is 2. The van der Waals surface area contributed by atoms with Crippen LogP contribution in [0.5, 0.6) is 0 Å². The van der Waals surface area contributed by atoms with Gasteiger partial charge in [0.25, 0.3) is 5.56 Å². The highest BCUT2D eigenvalue weighted by molar-refractivity contribution is 7.92. The molecule has 0 saturated carbocycles. The first kappa shape index (κ1) is 21.2. The number of carbonyl (C=O) groups excluding carboxylic acids is 1. The number of aromatic nitrogens is 3. The van der Waals surface area contributed by atoms with Gasteiger partial charge in [0.15, 0.2) is 0 Å². The van der Waals surface area contributed by atoms with Crippen LogP contribution in [0.2, 0.25) is 0 Å². The molecule has 0 aliphatic rings. The minimum Gasteiger partial charge on any atom is -0.323 e. The standard InChI is InChI=1S/C19H21N5O5S/c1-12-7-5-6-8-15(12)24(30(4,28)29)11-16(25)21-13-9-14-17(20-10-13)22(2)19(27)23(3)18(14)26/h5-10H,11H2,1-4H3,(H,21,25). The molecule has 0 aliphatic heterocycles. The van der Waals surface area contributed by atoms with E-state index in [9.17, 15) is 22.8 Å². The van der Waals surface area contributed by atoms with E-state index >= 15 is 0 Å². The molecule has 0 saturated heterocycles. The Morgan fingerprint density at radius 1 is 1.17 bits per heavy atom. The van der Waals surface area contributed by atoms with Gasteiger partial charge in [-0.3, -0.25) is 23.0 Å². The topological polar surface area (TPSA) is 123 Å². The lowest BCUT2D eigenvalue weighted by molar-refractivity contribution is -0.114. The second kappa shape index (κ2) is 7.75. The lowest BCUT2D eigenvalue weighted by Crippen LogP contribution is -2.38. The van der Waals surface area contributed by atoms with E-state index in [1.54, 1.807) is 31.2 Å². The van der Waals surface area contributed by atoms with Gasteiger partial charge in [0.05, 0.1) is 29.2 Å². The van der Waals surface area contributed by atoms with Crippen molar-refractivity contribution in [1.82, 2.24) is 14.1 Å². The Morgan fingerprint density at radius 2 is 1.83 bits per heavy atom. The molecule has 2 heterocycles. The van der Waals surface area contributed by atoms with Gasteiger partial charge in [-0.05, 0) is 24.6 Å². The maximum atomic E-state index is 12.6. The predicted molar refractivity (Wildman–Crippen MR) is 114 cm³/mol. The van der Waals surface area contributed by atoms with Crippen LogP contribution in [0.25, 0.3) is 11.0 Å². The van der Waals surface area contributed by atoms with Crippen LogP contribution >= 0.6 is 0 Å². The van der Waals surface area contributed by atoms with E-state index in [0.29, 0.717) is 11.3 Å². The van der Waals surface area contributed by atoms with Gasteiger partial charge in [-0.2, -0.15) is 0 Å². The van der Waals surface area contributed by atoms with E-state index in [4.69, 9.17) is 0 Å². The molecule has 11 heteroatoms. The number of aryl methyl sites for hydroxylation is 2. The highest BCUT2D eigenvalue weighted by Crippen LogP contribution is 2.22. The fraction of sp³-hybridized carbons (Fsp3) is 0.263. The summed E-state index contributed by atoms with van der Waals surface area (Å²) in [7, 11) is -0.883. The second-order valence-electron chi connectivity index (χ2n) is 6.91. The van der Waals surface area contributed by atoms with Crippen LogP contribution in [0.15, 0.2) is 46.1 Å². The molecule has 2 aromatic heterocycles. The summed E-state index contributed by atoms with van der Waals surface area (Å²) in [5, 5.41) is 2.71. The number of hydrogen-bond donors (Lipinski definition) is 1. The first-order valence-corrected chi connectivity index (χ1v) is 10.7. The summed E-state index contributed by atoms with van der Waals surface area (Å²) in [6.45, 7) is 1.30. The van der Waals surface area contributed by atoms with Gasteiger partial charge in [0, 0.05) is 14.1 Å². The van der Waals surface area contributed by atoms with Crippen LogP contribution in [0.3, 0.4) is 0 Å². The Morgan fingerprint density at radius 3 is 2.47 bits per heavy atom. The summed E-state index contributed by atoms with van der Waals surface area (Å²) >= 11 is 0. The van der Waals surface area contributed by atoms with Gasteiger partial charge in [0.2, 0.25) is 15.9 Å². The Bertz CT molecular complexity index is 1370. The van der Waals surface area contributed by atoms with E-state index in [1.165, 1.54) is 30.9 Å². The van der Waals surface area contributed by atoms with Crippen LogP contribution in [-0.4, -0.2) is 41.2 Å². The Labute approximate surface area is 172 Å². The first-order valence-electron chi connectivity index (χ1n) is 8.89. The fourth-order valence-corrected chi connectivity index (χ4v) is 4.00. The van der Waals surface area contributed by atoms with Gasteiger partial charge in [-0.25, -0.2) is 18.2 Å². The van der Waals surface area contributed by atoms with Crippen molar-refractivity contribution in [1.29, 1.82) is 0 Å². The van der Waals surface area contributed by atoms with E-state index in [2.05, 4.69) is 10.3 Å². The van der Waals surface area contributed by atoms with Gasteiger partial charge in [-0.15, -0.1) is 0 Å². The number of amides is 1. The average molecular weight is 431 g/mol. The van der Waals surface area contributed by atoms with E-state index in [0.717, 1.165) is 15.1 Å². The Hall–Kier alpha value is -3.47. The third-order valence-corrected chi connectivity index (χ3v) is 5.78. The lowest BCUT2D eigenvalue weighted by Gasteiger charge is -2.23. The smallest absolute Gasteiger partial charge is 0.323 e. The number of hydrogen-bond acceptors (Lipinski definition) is 6. The quantitative estimate of drug-likeness (QED) is 0.622. The number of benzene rings is 1. The molecule has 0 unspecified atom stereocenters. The number of fused-ring (bicyclic) bond motifs is 1. The zero-order valence-corrected chi connectivity index (χ0v) is 17.7. The molecular weight excluding hydrogens is 410 g/mol. The zero-order chi connectivity index (χ0) is 22.2. The van der Waals surface area contributed by atoms with Crippen molar-refractivity contribution < 1.29 is 13.2 Å². The predicted octanol–water partition coefficient (Wildman–Crippen LogP) is 0.345. The van der Waals surface area contributed by atoms with Crippen LogP contribution < -0.4 is 20.9 Å². The maximum absolute atomic E-state index is 12.6. The molecule has 1 amide bonds. The highest BCUT2D eigenvalue weighted by Gasteiger charge is 2.22. The fourth-order valence-electron chi connectivity index (χ4n) is 3.09. The molecule has 1 aromatic carbocycles. The minimum atomic E-state index is -3.72. The molecule has 30 heavy (non-hydrogen) atoms. The van der Waals surface area contributed by atoms with Crippen LogP contribution in [-0.2, 0) is 28.9 Å². The molecule has 0 aliphatic carbocycles. The molecule has 3 rings (SSSR count). The normalized spacial score (nSPS) is 11.5. The summed E-state index contributed by atoms with van der Waals surface area (Å²) in [6, 6.07) is 8.23. The number of rotatable bonds is 5. The Balaban J connectivity index is 1.93. The van der Waals surface area contributed by atoms with E-state index in [-0.39, 0.29) is 16.7 Å². The number of nitrogens with zero attached hydrogens (tertiary/aromatic N) is 4. The number of nitrogens with one attached hydrogen (secondary N) is 1. The van der Waals surface area contributed by atoms with Gasteiger partial charge in [-0.1, -0.05) is 18.2 Å².